The first kappa shape index (κ1) is 37.9. The number of furan rings is 2. The predicted octanol–water partition coefficient (Wildman–Crippen LogP) is 14.1. The maximum Gasteiger partial charge on any atom is 0.424 e. The minimum atomic E-state index is -0.302. The van der Waals surface area contributed by atoms with Crippen molar-refractivity contribution in [1.29, 1.82) is 0 Å². The van der Waals surface area contributed by atoms with Crippen LogP contribution in [0.2, 0.25) is 0 Å². The van der Waals surface area contributed by atoms with Crippen LogP contribution >= 0.6 is 22.7 Å². The Kier molecular flexibility index (Phi) is 8.13. The van der Waals surface area contributed by atoms with E-state index in [0.29, 0.717) is 0 Å². The molecule has 0 N–H and O–H groups in total. The average molecular weight is 909 g/mol. The van der Waals surface area contributed by atoms with Gasteiger partial charge in [-0.3, -0.25) is 9.97 Å². The number of para-hydroxylation sites is 4. The number of benzene rings is 7. The van der Waals surface area contributed by atoms with Crippen LogP contribution in [0, 0.1) is 0 Å². The molecule has 0 amide bonds. The van der Waals surface area contributed by atoms with Crippen molar-refractivity contribution in [1.82, 2.24) is 9.97 Å². The second-order valence-corrected chi connectivity index (χ2v) is 19.2. The van der Waals surface area contributed by atoms with E-state index in [-0.39, 0.29) is 14.0 Å². The second-order valence-electron chi connectivity index (χ2n) is 17.4. The normalized spacial score (nSPS) is 13.7. The molecular formula is C56H34B2N6O2S2. The summed E-state index contributed by atoms with van der Waals surface area (Å²) in [5, 5.41) is 11.1. The number of aromatic nitrogens is 2. The van der Waals surface area contributed by atoms with Crippen LogP contribution in [0.1, 0.15) is 0 Å². The third kappa shape index (κ3) is 5.44. The molecule has 0 radical (unpaired) electrons. The average Bonchev–Trinajstić information content (AvgIpc) is 4.26. The predicted molar refractivity (Wildman–Crippen MR) is 285 cm³/mol. The van der Waals surface area contributed by atoms with Crippen molar-refractivity contribution >= 4 is 157 Å². The zero-order chi connectivity index (χ0) is 44.5. The number of fused-ring (bicyclic) bond motifs is 11. The van der Waals surface area contributed by atoms with Gasteiger partial charge in [0.1, 0.15) is 22.5 Å². The van der Waals surface area contributed by atoms with E-state index < -0.39 is 0 Å². The number of pyridine rings is 2. The Balaban J connectivity index is 0.900. The van der Waals surface area contributed by atoms with Crippen molar-refractivity contribution in [2.24, 2.45) is 0 Å². The largest absolute Gasteiger partial charge is 0.439 e. The molecule has 8 heterocycles. The monoisotopic (exact) mass is 908 g/mol. The molecule has 12 heteroatoms. The molecule has 7 aromatic carbocycles. The van der Waals surface area contributed by atoms with E-state index in [4.69, 9.17) is 18.8 Å². The van der Waals surface area contributed by atoms with E-state index in [9.17, 15) is 0 Å². The summed E-state index contributed by atoms with van der Waals surface area (Å²) >= 11 is 3.52. The van der Waals surface area contributed by atoms with Gasteiger partial charge in [-0.15, -0.1) is 22.7 Å². The van der Waals surface area contributed by atoms with Crippen molar-refractivity contribution in [3.05, 3.63) is 205 Å². The summed E-state index contributed by atoms with van der Waals surface area (Å²) in [5.74, 6) is 1.61. The standard InChI is InChI=1S/C56H34B2N6O2S2/c1-3-15-39(16-4-1)61-55-53(43-21-7-11-23-47(43)65-55)63(45-33-67-49-25-13-9-19-41(45)49)57(61)37-29-35-27-28-36-30-38(32-60-52(36)51(35)59-31-37)58-62(40-17-5-2-6-18-40)56-54(44-22-8-12-24-48(44)66-56)64(58)46-34-68-50-26-14-10-20-42(46)50/h1-34H. The number of thiophene rings is 2. The first-order valence-electron chi connectivity index (χ1n) is 22.7. The molecule has 6 aromatic heterocycles. The van der Waals surface area contributed by atoms with Crippen molar-refractivity contribution in [3.8, 4) is 0 Å². The van der Waals surface area contributed by atoms with Crippen LogP contribution in [0.3, 0.4) is 0 Å². The summed E-state index contributed by atoms with van der Waals surface area (Å²) in [4.78, 5) is 20.2. The van der Waals surface area contributed by atoms with E-state index >= 15 is 0 Å². The third-order valence-electron chi connectivity index (χ3n) is 13.6. The van der Waals surface area contributed by atoms with Crippen LogP contribution in [0.15, 0.2) is 214 Å². The molecule has 0 aliphatic carbocycles. The van der Waals surface area contributed by atoms with Gasteiger partial charge in [0.05, 0.1) is 11.0 Å². The van der Waals surface area contributed by atoms with Crippen molar-refractivity contribution < 1.29 is 8.83 Å². The lowest BCUT2D eigenvalue weighted by molar-refractivity contribution is 0.627. The summed E-state index contributed by atoms with van der Waals surface area (Å²) in [7, 11) is 0. The zero-order valence-electron chi connectivity index (χ0n) is 36.1. The molecule has 13 aromatic rings. The van der Waals surface area contributed by atoms with Gasteiger partial charge in [0.25, 0.3) is 0 Å². The van der Waals surface area contributed by atoms with Gasteiger partial charge in [0.2, 0.25) is 11.8 Å². The molecule has 68 heavy (non-hydrogen) atoms. The van der Waals surface area contributed by atoms with Gasteiger partial charge in [-0.25, -0.2) is 0 Å². The Hall–Kier alpha value is -8.31. The zero-order valence-corrected chi connectivity index (χ0v) is 37.7. The SMILES string of the molecule is c1ccc(N2B(c3cnc4c(ccc5cc(B6N(c7ccccc7)c7oc8ccccc8c7N6c6csc7ccccc67)cnc54)c3)N(c3csc4ccccc34)c3c2oc2ccccc32)cc1. The van der Waals surface area contributed by atoms with Gasteiger partial charge in [0, 0.05) is 87.6 Å². The number of rotatable bonds is 6. The van der Waals surface area contributed by atoms with Crippen LogP contribution < -0.4 is 30.2 Å². The highest BCUT2D eigenvalue weighted by molar-refractivity contribution is 7.18. The maximum atomic E-state index is 6.84. The van der Waals surface area contributed by atoms with Gasteiger partial charge in [-0.1, -0.05) is 121 Å². The van der Waals surface area contributed by atoms with Gasteiger partial charge >= 0.3 is 14.0 Å². The fourth-order valence-corrected chi connectivity index (χ4v) is 12.6. The quantitative estimate of drug-likeness (QED) is 0.121. The summed E-state index contributed by atoms with van der Waals surface area (Å²) in [6.45, 7) is -0.604. The van der Waals surface area contributed by atoms with Crippen LogP contribution in [0.25, 0.3) is 63.9 Å². The van der Waals surface area contributed by atoms with Gasteiger partial charge in [0.15, 0.2) is 0 Å². The highest BCUT2D eigenvalue weighted by Gasteiger charge is 2.50. The van der Waals surface area contributed by atoms with E-state index in [2.05, 4.69) is 200 Å². The Bertz CT molecular complexity index is 3870. The minimum absolute atomic E-state index is 0.302. The number of hydrogen-bond acceptors (Lipinski definition) is 10. The Morgan fingerprint density at radius 2 is 0.794 bits per heavy atom. The van der Waals surface area contributed by atoms with Crippen LogP contribution in [-0.4, -0.2) is 23.9 Å². The lowest BCUT2D eigenvalue weighted by Crippen LogP contribution is -2.53. The van der Waals surface area contributed by atoms with Crippen LogP contribution in [-0.2, 0) is 0 Å². The maximum absolute atomic E-state index is 6.84. The molecule has 0 saturated heterocycles. The molecule has 15 rings (SSSR count). The topological polar surface area (TPSA) is 65.0 Å². The molecule has 0 fully saturated rings. The molecule has 0 atom stereocenters. The summed E-state index contributed by atoms with van der Waals surface area (Å²) in [6.07, 6.45) is 4.07. The Morgan fingerprint density at radius 3 is 1.25 bits per heavy atom. The van der Waals surface area contributed by atoms with E-state index in [0.717, 1.165) is 101 Å². The van der Waals surface area contributed by atoms with Crippen molar-refractivity contribution in [2.45, 2.75) is 0 Å². The molecule has 2 aliphatic rings. The first-order chi connectivity index (χ1) is 33.7. The number of anilines is 8. The molecule has 8 nitrogen and oxygen atoms in total. The molecule has 0 bridgehead atoms. The van der Waals surface area contributed by atoms with E-state index in [1.165, 1.54) is 20.2 Å². The fourth-order valence-electron chi connectivity index (χ4n) is 10.7. The van der Waals surface area contributed by atoms with Gasteiger partial charge < -0.3 is 28.1 Å². The van der Waals surface area contributed by atoms with E-state index in [1.807, 2.05) is 24.5 Å². The molecule has 0 saturated carbocycles. The number of nitrogens with zero attached hydrogens (tertiary/aromatic N) is 6. The minimum Gasteiger partial charge on any atom is -0.439 e. The Labute approximate surface area is 398 Å². The van der Waals surface area contributed by atoms with Crippen molar-refractivity contribution in [3.63, 3.8) is 0 Å². The molecular weight excluding hydrogens is 874 g/mol. The number of hydrogen-bond donors (Lipinski definition) is 0. The highest BCUT2D eigenvalue weighted by Crippen LogP contribution is 2.55. The summed E-state index contributed by atoms with van der Waals surface area (Å²) in [5.41, 5.74) is 11.9. The van der Waals surface area contributed by atoms with Crippen molar-refractivity contribution in [2.75, 3.05) is 19.2 Å². The molecule has 0 spiro atoms. The van der Waals surface area contributed by atoms with Gasteiger partial charge in [-0.2, -0.15) is 0 Å². The fraction of sp³-hybridized carbons (Fsp3) is 0. The summed E-state index contributed by atoms with van der Waals surface area (Å²) in [6, 6.07) is 64.1. The lowest BCUT2D eigenvalue weighted by Gasteiger charge is -2.30. The Morgan fingerprint density at radius 1 is 0.397 bits per heavy atom. The smallest absolute Gasteiger partial charge is 0.424 e. The molecule has 318 valence electrons. The first-order valence-corrected chi connectivity index (χ1v) is 24.4. The second kappa shape index (κ2) is 14.6. The molecule has 2 aliphatic heterocycles. The van der Waals surface area contributed by atoms with Crippen LogP contribution in [0.4, 0.5) is 45.9 Å². The summed E-state index contributed by atoms with van der Waals surface area (Å²) < 4.78 is 16.1. The highest BCUT2D eigenvalue weighted by atomic mass is 32.1. The third-order valence-corrected chi connectivity index (χ3v) is 15.6. The van der Waals surface area contributed by atoms with Gasteiger partial charge in [-0.05, 0) is 71.6 Å². The van der Waals surface area contributed by atoms with Crippen LogP contribution in [0.5, 0.6) is 0 Å². The van der Waals surface area contributed by atoms with E-state index in [1.54, 1.807) is 22.7 Å². The lowest BCUT2D eigenvalue weighted by atomic mass is 9.64. The molecule has 0 unspecified atom stereocenters.